The summed E-state index contributed by atoms with van der Waals surface area (Å²) < 4.78 is 0. The minimum atomic E-state index is -0.611. The molecule has 0 heterocycles. The molecule has 0 aliphatic heterocycles. The maximum Gasteiger partial charge on any atom is 0.304 e. The van der Waals surface area contributed by atoms with Crippen molar-refractivity contribution >= 4 is 17.3 Å². The number of amides is 1. The van der Waals surface area contributed by atoms with Gasteiger partial charge in [-0.15, -0.1) is 0 Å². The van der Waals surface area contributed by atoms with Crippen LogP contribution in [0.5, 0.6) is 0 Å². The Morgan fingerprint density at radius 1 is 1.42 bits per heavy atom. The number of anilines is 1. The number of nitro benzene ring substituents is 1. The zero-order valence-corrected chi connectivity index (χ0v) is 10.6. The van der Waals surface area contributed by atoms with Crippen molar-refractivity contribution in [3.63, 3.8) is 0 Å². The average molecular weight is 263 g/mol. The molecule has 1 aliphatic rings. The number of hydrogen-bond donors (Lipinski definition) is 2. The Balaban J connectivity index is 2.10. The summed E-state index contributed by atoms with van der Waals surface area (Å²) in [4.78, 5) is 22.3. The molecule has 1 fully saturated rings. The molecule has 0 bridgehead atoms. The Hall–Kier alpha value is -2.11. The Morgan fingerprint density at radius 2 is 2.11 bits per heavy atom. The number of nitrogens with one attached hydrogen (secondary N) is 1. The first-order valence-corrected chi connectivity index (χ1v) is 6.40. The molecule has 1 saturated carbocycles. The smallest absolute Gasteiger partial charge is 0.304 e. The van der Waals surface area contributed by atoms with Crippen LogP contribution in [-0.2, 0) is 0 Å². The SMILES string of the molecule is Nc1cccc(C(=O)NCC2CCCC2)c1[N+](=O)[O-]. The second-order valence-corrected chi connectivity index (χ2v) is 4.86. The van der Waals surface area contributed by atoms with Gasteiger partial charge in [-0.1, -0.05) is 18.9 Å². The number of nitrogen functional groups attached to an aromatic ring is 1. The molecular formula is C13H17N3O3. The van der Waals surface area contributed by atoms with Crippen molar-refractivity contribution in [3.05, 3.63) is 33.9 Å². The van der Waals surface area contributed by atoms with Crippen molar-refractivity contribution in [2.75, 3.05) is 12.3 Å². The van der Waals surface area contributed by atoms with E-state index in [0.717, 1.165) is 12.8 Å². The molecule has 0 unspecified atom stereocenters. The number of para-hydroxylation sites is 1. The number of rotatable bonds is 4. The van der Waals surface area contributed by atoms with Crippen LogP contribution in [0.1, 0.15) is 36.0 Å². The highest BCUT2D eigenvalue weighted by atomic mass is 16.6. The summed E-state index contributed by atoms with van der Waals surface area (Å²) in [6.07, 6.45) is 4.61. The molecule has 0 aromatic heterocycles. The molecule has 19 heavy (non-hydrogen) atoms. The van der Waals surface area contributed by atoms with Gasteiger partial charge in [0, 0.05) is 6.54 Å². The zero-order chi connectivity index (χ0) is 13.8. The number of carbonyl (C=O) groups excluding carboxylic acids is 1. The third kappa shape index (κ3) is 3.01. The Morgan fingerprint density at radius 3 is 2.74 bits per heavy atom. The fourth-order valence-corrected chi connectivity index (χ4v) is 2.50. The van der Waals surface area contributed by atoms with E-state index >= 15 is 0 Å². The summed E-state index contributed by atoms with van der Waals surface area (Å²) in [5.41, 5.74) is 5.29. The highest BCUT2D eigenvalue weighted by Gasteiger charge is 2.24. The van der Waals surface area contributed by atoms with Gasteiger partial charge >= 0.3 is 5.69 Å². The molecular weight excluding hydrogens is 246 g/mol. The number of carbonyl (C=O) groups is 1. The van der Waals surface area contributed by atoms with Gasteiger partial charge in [-0.2, -0.15) is 0 Å². The quantitative estimate of drug-likeness (QED) is 0.493. The molecule has 0 radical (unpaired) electrons. The van der Waals surface area contributed by atoms with E-state index in [1.54, 1.807) is 6.07 Å². The van der Waals surface area contributed by atoms with E-state index in [4.69, 9.17) is 5.73 Å². The van der Waals surface area contributed by atoms with E-state index in [1.807, 2.05) is 0 Å². The van der Waals surface area contributed by atoms with E-state index in [1.165, 1.54) is 25.0 Å². The summed E-state index contributed by atoms with van der Waals surface area (Å²) >= 11 is 0. The lowest BCUT2D eigenvalue weighted by Gasteiger charge is -2.11. The number of benzene rings is 1. The lowest BCUT2D eigenvalue weighted by molar-refractivity contribution is -0.384. The monoisotopic (exact) mass is 263 g/mol. The van der Waals surface area contributed by atoms with Crippen LogP contribution in [0.2, 0.25) is 0 Å². The van der Waals surface area contributed by atoms with Gasteiger partial charge in [-0.3, -0.25) is 14.9 Å². The van der Waals surface area contributed by atoms with Crippen molar-refractivity contribution in [1.29, 1.82) is 0 Å². The van der Waals surface area contributed by atoms with E-state index in [0.29, 0.717) is 12.5 Å². The third-order valence-corrected chi connectivity index (χ3v) is 3.52. The predicted octanol–water partition coefficient (Wildman–Crippen LogP) is 2.10. The molecule has 0 atom stereocenters. The van der Waals surface area contributed by atoms with Crippen molar-refractivity contribution in [2.45, 2.75) is 25.7 Å². The minimum Gasteiger partial charge on any atom is -0.393 e. The summed E-state index contributed by atoms with van der Waals surface area (Å²) in [5.74, 6) is 0.0648. The molecule has 3 N–H and O–H groups in total. The maximum absolute atomic E-state index is 12.0. The first-order valence-electron chi connectivity index (χ1n) is 6.40. The molecule has 1 aromatic rings. The largest absolute Gasteiger partial charge is 0.393 e. The second kappa shape index (κ2) is 5.69. The van der Waals surface area contributed by atoms with Gasteiger partial charge in [0.2, 0.25) is 0 Å². The number of hydrogen-bond acceptors (Lipinski definition) is 4. The van der Waals surface area contributed by atoms with Gasteiger partial charge in [0.05, 0.1) is 4.92 Å². The molecule has 1 amide bonds. The molecule has 102 valence electrons. The number of nitro groups is 1. The second-order valence-electron chi connectivity index (χ2n) is 4.86. The summed E-state index contributed by atoms with van der Waals surface area (Å²) in [7, 11) is 0. The van der Waals surface area contributed by atoms with Gasteiger partial charge in [0.25, 0.3) is 5.91 Å². The van der Waals surface area contributed by atoms with Crippen molar-refractivity contribution in [2.24, 2.45) is 5.92 Å². The van der Waals surface area contributed by atoms with Gasteiger partial charge in [-0.25, -0.2) is 0 Å². The highest BCUT2D eigenvalue weighted by Crippen LogP contribution is 2.27. The van der Waals surface area contributed by atoms with Gasteiger partial charge < -0.3 is 11.1 Å². The average Bonchev–Trinajstić information content (AvgIpc) is 2.88. The van der Waals surface area contributed by atoms with Crippen LogP contribution in [0, 0.1) is 16.0 Å². The summed E-state index contributed by atoms with van der Waals surface area (Å²) in [6, 6.07) is 4.40. The van der Waals surface area contributed by atoms with Crippen molar-refractivity contribution in [3.8, 4) is 0 Å². The number of nitrogens with two attached hydrogens (primary N) is 1. The van der Waals surface area contributed by atoms with Crippen LogP contribution in [-0.4, -0.2) is 17.4 Å². The fraction of sp³-hybridized carbons (Fsp3) is 0.462. The zero-order valence-electron chi connectivity index (χ0n) is 10.6. The third-order valence-electron chi connectivity index (χ3n) is 3.52. The van der Waals surface area contributed by atoms with E-state index in [2.05, 4.69) is 5.32 Å². The van der Waals surface area contributed by atoms with Gasteiger partial charge in [0.1, 0.15) is 11.3 Å². The van der Waals surface area contributed by atoms with E-state index < -0.39 is 10.8 Å². The minimum absolute atomic E-state index is 0.0125. The molecule has 1 aromatic carbocycles. The molecule has 0 spiro atoms. The van der Waals surface area contributed by atoms with Crippen molar-refractivity contribution in [1.82, 2.24) is 5.32 Å². The topological polar surface area (TPSA) is 98.3 Å². The maximum atomic E-state index is 12.0. The van der Waals surface area contributed by atoms with Crippen LogP contribution < -0.4 is 11.1 Å². The standard InChI is InChI=1S/C13H17N3O3/c14-11-7-3-6-10(12(11)16(18)19)13(17)15-8-9-4-1-2-5-9/h3,6-7,9H,1-2,4-5,8,14H2,(H,15,17). The van der Waals surface area contributed by atoms with Crippen LogP contribution in [0.4, 0.5) is 11.4 Å². The van der Waals surface area contributed by atoms with E-state index in [9.17, 15) is 14.9 Å². The number of nitrogens with zero attached hydrogens (tertiary/aromatic N) is 1. The van der Waals surface area contributed by atoms with Gasteiger partial charge in [0.15, 0.2) is 0 Å². The van der Waals surface area contributed by atoms with Crippen LogP contribution >= 0.6 is 0 Å². The lowest BCUT2D eigenvalue weighted by atomic mass is 10.1. The molecule has 6 heteroatoms. The first-order chi connectivity index (χ1) is 9.09. The van der Waals surface area contributed by atoms with Crippen LogP contribution in [0.3, 0.4) is 0 Å². The fourth-order valence-electron chi connectivity index (χ4n) is 2.50. The predicted molar refractivity (Wildman–Crippen MR) is 71.8 cm³/mol. The Labute approximate surface area is 111 Å². The molecule has 0 saturated heterocycles. The van der Waals surface area contributed by atoms with Crippen LogP contribution in [0.25, 0.3) is 0 Å². The first kappa shape index (κ1) is 13.3. The Kier molecular flexibility index (Phi) is 3.99. The highest BCUT2D eigenvalue weighted by molar-refractivity contribution is 6.00. The molecule has 2 rings (SSSR count). The Bertz CT molecular complexity index is 496. The van der Waals surface area contributed by atoms with E-state index in [-0.39, 0.29) is 16.9 Å². The lowest BCUT2D eigenvalue weighted by Crippen LogP contribution is -2.29. The molecule has 1 aliphatic carbocycles. The van der Waals surface area contributed by atoms with Crippen LogP contribution in [0.15, 0.2) is 18.2 Å². The summed E-state index contributed by atoms with van der Waals surface area (Å²) in [6.45, 7) is 0.574. The molecule has 6 nitrogen and oxygen atoms in total. The van der Waals surface area contributed by atoms with Gasteiger partial charge in [-0.05, 0) is 30.9 Å². The summed E-state index contributed by atoms with van der Waals surface area (Å²) in [5, 5.41) is 13.7. The normalized spacial score (nSPS) is 15.4. The van der Waals surface area contributed by atoms with Crippen molar-refractivity contribution < 1.29 is 9.72 Å².